The van der Waals surface area contributed by atoms with E-state index < -0.39 is 0 Å². The molecule has 0 aliphatic heterocycles. The normalized spacial score (nSPS) is 11.5. The fraction of sp³-hybridized carbons (Fsp3) is 0.300. The van der Waals surface area contributed by atoms with Gasteiger partial charge in [-0.2, -0.15) is 0 Å². The number of rotatable bonds is 7. The Hall–Kier alpha value is -4.00. The predicted molar refractivity (Wildman–Crippen MR) is 144 cm³/mol. The average molecular weight is 502 g/mol. The van der Waals surface area contributed by atoms with Gasteiger partial charge in [-0.25, -0.2) is 9.37 Å². The molecule has 0 fully saturated rings. The van der Waals surface area contributed by atoms with E-state index in [1.54, 1.807) is 25.2 Å². The highest BCUT2D eigenvalue weighted by atomic mass is 19.1. The second kappa shape index (κ2) is 10.5. The lowest BCUT2D eigenvalue weighted by molar-refractivity contribution is 0.0918. The highest BCUT2D eigenvalue weighted by molar-refractivity contribution is 6.11. The number of halogens is 1. The molecular formula is C30H32FN3O3. The number of hydrogen-bond donors (Lipinski definition) is 2. The highest BCUT2D eigenvalue weighted by Crippen LogP contribution is 2.37. The number of fused-ring (bicyclic) bond motifs is 1. The number of aryl methyl sites for hydroxylation is 1. The first-order valence-electron chi connectivity index (χ1n) is 12.5. The summed E-state index contributed by atoms with van der Waals surface area (Å²) >= 11 is 0. The van der Waals surface area contributed by atoms with Crippen LogP contribution in [0.2, 0.25) is 0 Å². The number of hydrogen-bond acceptors (Lipinski definition) is 4. The summed E-state index contributed by atoms with van der Waals surface area (Å²) in [5.74, 6) is -0.533. The van der Waals surface area contributed by atoms with Crippen molar-refractivity contribution in [1.29, 1.82) is 0 Å². The van der Waals surface area contributed by atoms with Gasteiger partial charge in [-0.05, 0) is 81.6 Å². The summed E-state index contributed by atoms with van der Waals surface area (Å²) in [6.07, 6.45) is 2.61. The molecule has 6 nitrogen and oxygen atoms in total. The second-order valence-electron chi connectivity index (χ2n) is 10.1. The molecule has 0 saturated heterocycles. The summed E-state index contributed by atoms with van der Waals surface area (Å²) in [5, 5.41) is 6.24. The van der Waals surface area contributed by atoms with Gasteiger partial charge in [0.1, 0.15) is 11.6 Å². The smallest absolute Gasteiger partial charge is 0.255 e. The molecule has 0 bridgehead atoms. The van der Waals surface area contributed by atoms with Crippen molar-refractivity contribution in [3.05, 3.63) is 77.2 Å². The number of pyridine rings is 1. The summed E-state index contributed by atoms with van der Waals surface area (Å²) in [4.78, 5) is 30.7. The molecule has 37 heavy (non-hydrogen) atoms. The van der Waals surface area contributed by atoms with Crippen molar-refractivity contribution in [2.75, 3.05) is 7.05 Å². The summed E-state index contributed by atoms with van der Waals surface area (Å²) in [7, 11) is 1.55. The molecule has 2 aromatic heterocycles. The third-order valence-corrected chi connectivity index (χ3v) is 6.01. The molecule has 2 amide bonds. The zero-order chi connectivity index (χ0) is 26.7. The van der Waals surface area contributed by atoms with Crippen LogP contribution in [-0.2, 0) is 6.42 Å². The second-order valence-corrected chi connectivity index (χ2v) is 10.1. The fourth-order valence-electron chi connectivity index (χ4n) is 4.24. The lowest BCUT2D eigenvalue weighted by Crippen LogP contribution is -2.40. The van der Waals surface area contributed by atoms with Gasteiger partial charge in [-0.1, -0.05) is 25.5 Å². The molecule has 0 unspecified atom stereocenters. The zero-order valence-corrected chi connectivity index (χ0v) is 21.9. The lowest BCUT2D eigenvalue weighted by atomic mass is 9.96. The van der Waals surface area contributed by atoms with Crippen molar-refractivity contribution < 1.29 is 18.4 Å². The van der Waals surface area contributed by atoms with E-state index in [4.69, 9.17) is 9.40 Å². The highest BCUT2D eigenvalue weighted by Gasteiger charge is 2.25. The molecule has 4 rings (SSSR count). The molecule has 2 aromatic carbocycles. The Morgan fingerprint density at radius 2 is 1.73 bits per heavy atom. The SMILES string of the molecule is CCCCc1nc2oc(-c3ccc(F)cc3)c(C(=O)NC)c2cc1-c1cccc(C(=O)NC(C)(C)C)c1. The van der Waals surface area contributed by atoms with Crippen LogP contribution in [0.3, 0.4) is 0 Å². The number of benzene rings is 2. The number of furan rings is 1. The van der Waals surface area contributed by atoms with E-state index in [2.05, 4.69) is 17.6 Å². The van der Waals surface area contributed by atoms with Crippen LogP contribution in [0.15, 0.2) is 59.0 Å². The van der Waals surface area contributed by atoms with Gasteiger partial charge >= 0.3 is 0 Å². The fourth-order valence-corrected chi connectivity index (χ4v) is 4.24. The Labute approximate surface area is 216 Å². The first-order valence-corrected chi connectivity index (χ1v) is 12.5. The zero-order valence-electron chi connectivity index (χ0n) is 21.9. The predicted octanol–water partition coefficient (Wildman–Crippen LogP) is 6.53. The van der Waals surface area contributed by atoms with E-state index in [0.717, 1.165) is 29.7 Å². The van der Waals surface area contributed by atoms with Gasteiger partial charge in [-0.3, -0.25) is 9.59 Å². The van der Waals surface area contributed by atoms with Gasteiger partial charge in [0.25, 0.3) is 11.8 Å². The molecule has 0 saturated carbocycles. The maximum atomic E-state index is 13.6. The molecule has 2 N–H and O–H groups in total. The molecule has 7 heteroatoms. The van der Waals surface area contributed by atoms with Gasteiger partial charge in [0.2, 0.25) is 5.71 Å². The van der Waals surface area contributed by atoms with Gasteiger partial charge in [0.15, 0.2) is 0 Å². The Morgan fingerprint density at radius 3 is 2.38 bits per heavy atom. The molecule has 0 aliphatic rings. The van der Waals surface area contributed by atoms with Crippen molar-refractivity contribution in [3.8, 4) is 22.5 Å². The van der Waals surface area contributed by atoms with Gasteiger partial charge in [0.05, 0.1) is 16.6 Å². The Morgan fingerprint density at radius 1 is 1.00 bits per heavy atom. The van der Waals surface area contributed by atoms with E-state index in [9.17, 15) is 14.0 Å². The Bertz CT molecular complexity index is 1450. The molecule has 0 radical (unpaired) electrons. The molecule has 192 valence electrons. The minimum atomic E-state index is -0.376. The third kappa shape index (κ3) is 5.71. The van der Waals surface area contributed by atoms with Crippen LogP contribution < -0.4 is 10.6 Å². The van der Waals surface area contributed by atoms with Crippen LogP contribution in [0.1, 0.15) is 66.9 Å². The first-order chi connectivity index (χ1) is 17.6. The number of unbranched alkanes of at least 4 members (excludes halogenated alkanes) is 1. The summed E-state index contributed by atoms with van der Waals surface area (Å²) in [5.41, 5.74) is 3.92. The van der Waals surface area contributed by atoms with Crippen LogP contribution in [0.25, 0.3) is 33.6 Å². The van der Waals surface area contributed by atoms with Crippen LogP contribution >= 0.6 is 0 Å². The monoisotopic (exact) mass is 501 g/mol. The number of amides is 2. The summed E-state index contributed by atoms with van der Waals surface area (Å²) in [6.45, 7) is 7.92. The number of carbonyl (C=O) groups is 2. The van der Waals surface area contributed by atoms with Gasteiger partial charge in [0, 0.05) is 29.3 Å². The molecule has 0 atom stereocenters. The van der Waals surface area contributed by atoms with E-state index in [-0.39, 0.29) is 23.2 Å². The van der Waals surface area contributed by atoms with Crippen LogP contribution in [0.4, 0.5) is 4.39 Å². The molecule has 0 spiro atoms. The Balaban J connectivity index is 1.92. The maximum Gasteiger partial charge on any atom is 0.255 e. The van der Waals surface area contributed by atoms with Gasteiger partial charge < -0.3 is 15.1 Å². The van der Waals surface area contributed by atoms with Crippen molar-refractivity contribution in [2.24, 2.45) is 0 Å². The number of carbonyl (C=O) groups excluding carboxylic acids is 2. The molecule has 2 heterocycles. The number of nitrogens with zero attached hydrogens (tertiary/aromatic N) is 1. The maximum absolute atomic E-state index is 13.6. The van der Waals surface area contributed by atoms with Crippen molar-refractivity contribution >= 4 is 22.9 Å². The van der Waals surface area contributed by atoms with Crippen molar-refractivity contribution in [1.82, 2.24) is 15.6 Å². The van der Waals surface area contributed by atoms with E-state index in [0.29, 0.717) is 40.0 Å². The number of nitrogens with one attached hydrogen (secondary N) is 2. The van der Waals surface area contributed by atoms with Crippen LogP contribution in [0.5, 0.6) is 0 Å². The standard InChI is InChI=1S/C30H32FN3O3/c1-6-7-11-24-22(19-9-8-10-20(16-19)27(35)34-30(2,3)4)17-23-25(28(36)32-5)26(37-29(23)33-24)18-12-14-21(31)15-13-18/h8-10,12-17H,6-7,11H2,1-5H3,(H,32,36)(H,34,35). The van der Waals surface area contributed by atoms with E-state index >= 15 is 0 Å². The molecule has 0 aliphatic carbocycles. The van der Waals surface area contributed by atoms with E-state index in [1.807, 2.05) is 45.0 Å². The lowest BCUT2D eigenvalue weighted by Gasteiger charge is -2.20. The largest absolute Gasteiger partial charge is 0.437 e. The van der Waals surface area contributed by atoms with Crippen molar-refractivity contribution in [3.63, 3.8) is 0 Å². The molecular weight excluding hydrogens is 469 g/mol. The number of aromatic nitrogens is 1. The van der Waals surface area contributed by atoms with Crippen LogP contribution in [-0.4, -0.2) is 29.4 Å². The van der Waals surface area contributed by atoms with Gasteiger partial charge in [-0.15, -0.1) is 0 Å². The Kier molecular flexibility index (Phi) is 7.43. The topological polar surface area (TPSA) is 84.2 Å². The third-order valence-electron chi connectivity index (χ3n) is 6.01. The first kappa shape index (κ1) is 26.1. The average Bonchev–Trinajstić information content (AvgIpc) is 3.24. The summed E-state index contributed by atoms with van der Waals surface area (Å²) < 4.78 is 19.7. The minimum absolute atomic E-state index is 0.161. The van der Waals surface area contributed by atoms with Crippen molar-refractivity contribution in [2.45, 2.75) is 52.5 Å². The molecule has 4 aromatic rings. The van der Waals surface area contributed by atoms with Crippen LogP contribution in [0, 0.1) is 5.82 Å². The summed E-state index contributed by atoms with van der Waals surface area (Å²) in [6, 6.07) is 15.1. The quantitative estimate of drug-likeness (QED) is 0.301. The minimum Gasteiger partial charge on any atom is -0.437 e. The van der Waals surface area contributed by atoms with E-state index in [1.165, 1.54) is 12.1 Å².